The molecule has 0 aromatic heterocycles. The Morgan fingerprint density at radius 3 is 2.09 bits per heavy atom. The Labute approximate surface area is 192 Å². The minimum Gasteiger partial charge on any atom is -0.493 e. The Kier molecular flexibility index (Phi) is 6.72. The number of hydrogen-bond donors (Lipinski definition) is 0. The second kappa shape index (κ2) is 9.85. The monoisotopic (exact) mass is 449 g/mol. The number of para-hydroxylation sites is 1. The lowest BCUT2D eigenvalue weighted by atomic mass is 10.1. The lowest BCUT2D eigenvalue weighted by molar-refractivity contribution is -0.136. The number of fused-ring (bicyclic) bond motifs is 1. The number of carbonyl (C=O) groups excluding carboxylic acids is 4. The summed E-state index contributed by atoms with van der Waals surface area (Å²) in [6.45, 7) is 3.66. The Hall–Kier alpha value is -3.68. The van der Waals surface area contributed by atoms with Crippen LogP contribution in [0.15, 0.2) is 54.6 Å². The van der Waals surface area contributed by atoms with Gasteiger partial charge in [0.15, 0.2) is 0 Å². The first-order valence-electron chi connectivity index (χ1n) is 11.2. The molecule has 1 atom stereocenters. The van der Waals surface area contributed by atoms with Crippen LogP contribution in [0.3, 0.4) is 0 Å². The van der Waals surface area contributed by atoms with E-state index in [1.807, 2.05) is 30.3 Å². The Morgan fingerprint density at radius 1 is 0.848 bits per heavy atom. The summed E-state index contributed by atoms with van der Waals surface area (Å²) in [6, 6.07) is 15.0. The van der Waals surface area contributed by atoms with Gasteiger partial charge < -0.3 is 14.5 Å². The van der Waals surface area contributed by atoms with E-state index in [4.69, 9.17) is 4.74 Å². The molecular formula is C25H27N3O5. The average Bonchev–Trinajstić information content (AvgIpc) is 2.99. The van der Waals surface area contributed by atoms with Gasteiger partial charge in [0.2, 0.25) is 11.8 Å². The normalized spacial score (nSPS) is 16.9. The molecule has 0 aliphatic carbocycles. The predicted molar refractivity (Wildman–Crippen MR) is 121 cm³/mol. The van der Waals surface area contributed by atoms with Gasteiger partial charge in [-0.1, -0.05) is 30.3 Å². The molecule has 2 aromatic rings. The molecule has 0 radical (unpaired) electrons. The van der Waals surface area contributed by atoms with Gasteiger partial charge in [-0.05, 0) is 37.6 Å². The van der Waals surface area contributed by atoms with E-state index in [0.29, 0.717) is 50.3 Å². The molecule has 0 bridgehead atoms. The highest BCUT2D eigenvalue weighted by Gasteiger charge is 2.41. The number of imide groups is 1. The number of benzene rings is 2. The molecule has 8 heteroatoms. The van der Waals surface area contributed by atoms with Crippen molar-refractivity contribution in [3.8, 4) is 5.75 Å². The van der Waals surface area contributed by atoms with Crippen molar-refractivity contribution < 1.29 is 23.9 Å². The summed E-state index contributed by atoms with van der Waals surface area (Å²) in [5.41, 5.74) is 0.653. The summed E-state index contributed by atoms with van der Waals surface area (Å²) in [5, 5.41) is 0. The van der Waals surface area contributed by atoms with Gasteiger partial charge in [-0.25, -0.2) is 0 Å². The zero-order chi connectivity index (χ0) is 23.4. The van der Waals surface area contributed by atoms with Crippen molar-refractivity contribution in [1.82, 2.24) is 14.7 Å². The van der Waals surface area contributed by atoms with Crippen molar-refractivity contribution in [2.45, 2.75) is 25.8 Å². The molecule has 4 rings (SSSR count). The van der Waals surface area contributed by atoms with E-state index in [0.717, 1.165) is 10.6 Å². The van der Waals surface area contributed by atoms with Gasteiger partial charge in [0.25, 0.3) is 11.8 Å². The van der Waals surface area contributed by atoms with Crippen molar-refractivity contribution in [2.24, 2.45) is 0 Å². The van der Waals surface area contributed by atoms with Crippen LogP contribution >= 0.6 is 0 Å². The van der Waals surface area contributed by atoms with Gasteiger partial charge in [0, 0.05) is 26.2 Å². The van der Waals surface area contributed by atoms with Gasteiger partial charge in [0.05, 0.1) is 24.2 Å². The Morgan fingerprint density at radius 2 is 1.42 bits per heavy atom. The van der Waals surface area contributed by atoms with Crippen LogP contribution in [0, 0.1) is 0 Å². The van der Waals surface area contributed by atoms with E-state index < -0.39 is 17.9 Å². The van der Waals surface area contributed by atoms with E-state index in [9.17, 15) is 19.2 Å². The molecule has 0 spiro atoms. The topological polar surface area (TPSA) is 87.2 Å². The van der Waals surface area contributed by atoms with E-state index >= 15 is 0 Å². The highest BCUT2D eigenvalue weighted by molar-refractivity contribution is 6.22. The molecule has 0 saturated carbocycles. The van der Waals surface area contributed by atoms with Crippen molar-refractivity contribution in [1.29, 1.82) is 0 Å². The third-order valence-electron chi connectivity index (χ3n) is 6.06. The molecule has 33 heavy (non-hydrogen) atoms. The van der Waals surface area contributed by atoms with Crippen LogP contribution in [0.25, 0.3) is 0 Å². The number of hydrogen-bond acceptors (Lipinski definition) is 5. The summed E-state index contributed by atoms with van der Waals surface area (Å²) in [5.74, 6) is -0.470. The first-order chi connectivity index (χ1) is 16.0. The molecule has 2 heterocycles. The first kappa shape index (κ1) is 22.5. The molecule has 1 saturated heterocycles. The van der Waals surface area contributed by atoms with Gasteiger partial charge >= 0.3 is 0 Å². The third-order valence-corrected chi connectivity index (χ3v) is 6.06. The lowest BCUT2D eigenvalue weighted by Gasteiger charge is -2.28. The second-order valence-corrected chi connectivity index (χ2v) is 8.17. The largest absolute Gasteiger partial charge is 0.493 e. The third kappa shape index (κ3) is 4.74. The van der Waals surface area contributed by atoms with Crippen LogP contribution < -0.4 is 4.74 Å². The first-order valence-corrected chi connectivity index (χ1v) is 11.2. The highest BCUT2D eigenvalue weighted by Crippen LogP contribution is 2.25. The highest BCUT2D eigenvalue weighted by atomic mass is 16.5. The number of carbonyl (C=O) groups is 4. The van der Waals surface area contributed by atoms with Crippen LogP contribution in [0.5, 0.6) is 5.75 Å². The number of rotatable bonds is 6. The Balaban J connectivity index is 1.31. The molecule has 2 aliphatic rings. The van der Waals surface area contributed by atoms with Crippen LogP contribution in [0.2, 0.25) is 0 Å². The summed E-state index contributed by atoms with van der Waals surface area (Å²) >= 11 is 0. The maximum absolute atomic E-state index is 13.1. The van der Waals surface area contributed by atoms with Crippen LogP contribution in [-0.2, 0) is 9.59 Å². The lowest BCUT2D eigenvalue weighted by Crippen LogP contribution is -2.50. The van der Waals surface area contributed by atoms with E-state index in [1.54, 1.807) is 41.0 Å². The van der Waals surface area contributed by atoms with Crippen LogP contribution in [0.4, 0.5) is 0 Å². The van der Waals surface area contributed by atoms with Gasteiger partial charge in [-0.2, -0.15) is 0 Å². The molecule has 2 aliphatic heterocycles. The van der Waals surface area contributed by atoms with E-state index in [2.05, 4.69) is 0 Å². The zero-order valence-corrected chi connectivity index (χ0v) is 18.6. The minimum absolute atomic E-state index is 0.0198. The maximum Gasteiger partial charge on any atom is 0.262 e. The summed E-state index contributed by atoms with van der Waals surface area (Å²) in [6.07, 6.45) is 0.889. The van der Waals surface area contributed by atoms with Gasteiger partial charge in [0.1, 0.15) is 11.8 Å². The minimum atomic E-state index is -0.904. The molecule has 8 nitrogen and oxygen atoms in total. The van der Waals surface area contributed by atoms with Crippen LogP contribution in [0.1, 0.15) is 40.5 Å². The number of nitrogens with zero attached hydrogens (tertiary/aromatic N) is 3. The molecule has 0 N–H and O–H groups in total. The fourth-order valence-corrected chi connectivity index (χ4v) is 4.25. The number of amides is 4. The maximum atomic E-state index is 13.1. The standard InChI is InChI=1S/C25H27N3O5/c1-18(28-24(31)20-10-5-6-11-21(20)25(28)32)23(30)27-14-7-13-26(15-16-27)22(29)12-17-33-19-8-3-2-4-9-19/h2-6,8-11,18H,7,12-17H2,1H3. The van der Waals surface area contributed by atoms with Crippen LogP contribution in [-0.4, -0.2) is 77.2 Å². The van der Waals surface area contributed by atoms with Crippen molar-refractivity contribution in [2.75, 3.05) is 32.8 Å². The fraction of sp³-hybridized carbons (Fsp3) is 0.360. The summed E-state index contributed by atoms with van der Waals surface area (Å²) in [4.78, 5) is 55.6. The van der Waals surface area contributed by atoms with Gasteiger partial charge in [-0.3, -0.25) is 24.1 Å². The molecule has 172 valence electrons. The molecule has 2 aromatic carbocycles. The number of ether oxygens (including phenoxy) is 1. The van der Waals surface area contributed by atoms with Gasteiger partial charge in [-0.15, -0.1) is 0 Å². The molecule has 1 unspecified atom stereocenters. The summed E-state index contributed by atoms with van der Waals surface area (Å²) in [7, 11) is 0. The average molecular weight is 450 g/mol. The van der Waals surface area contributed by atoms with E-state index in [1.165, 1.54) is 0 Å². The van der Waals surface area contributed by atoms with Crippen molar-refractivity contribution in [3.63, 3.8) is 0 Å². The second-order valence-electron chi connectivity index (χ2n) is 8.17. The smallest absolute Gasteiger partial charge is 0.262 e. The SMILES string of the molecule is CC(C(=O)N1CCCN(C(=O)CCOc2ccccc2)CC1)N1C(=O)c2ccccc2C1=O. The fourth-order valence-electron chi connectivity index (χ4n) is 4.25. The van der Waals surface area contributed by atoms with E-state index in [-0.39, 0.29) is 18.2 Å². The Bertz CT molecular complexity index is 1020. The predicted octanol–water partition coefficient (Wildman–Crippen LogP) is 2.20. The quantitative estimate of drug-likeness (QED) is 0.631. The molecule has 1 fully saturated rings. The summed E-state index contributed by atoms with van der Waals surface area (Å²) < 4.78 is 5.61. The molecule has 4 amide bonds. The zero-order valence-electron chi connectivity index (χ0n) is 18.6. The molecular weight excluding hydrogens is 422 g/mol. The van der Waals surface area contributed by atoms with Crippen molar-refractivity contribution >= 4 is 23.6 Å². The van der Waals surface area contributed by atoms with Crippen molar-refractivity contribution in [3.05, 3.63) is 65.7 Å².